The van der Waals surface area contributed by atoms with E-state index in [2.05, 4.69) is 17.1 Å². The molecule has 1 heterocycles. The molecule has 1 N–H and O–H groups in total. The first-order chi connectivity index (χ1) is 10.8. The summed E-state index contributed by atoms with van der Waals surface area (Å²) in [5, 5.41) is 7.93. The summed E-state index contributed by atoms with van der Waals surface area (Å²) < 4.78 is 0. The number of nitrogens with one attached hydrogen (secondary N) is 1. The van der Waals surface area contributed by atoms with Crippen LogP contribution in [0.2, 0.25) is 0 Å². The number of rotatable bonds is 5. The fourth-order valence-corrected chi connectivity index (χ4v) is 2.64. The number of aromatic amines is 1. The minimum absolute atomic E-state index is 0.0422. The summed E-state index contributed by atoms with van der Waals surface area (Å²) in [4.78, 5) is 14.8. The monoisotopic (exact) mass is 293 g/mol. The van der Waals surface area contributed by atoms with Gasteiger partial charge in [0.15, 0.2) is 0 Å². The zero-order valence-electron chi connectivity index (χ0n) is 12.6. The number of hydrogen-bond donors (Lipinski definition) is 1. The molecule has 4 nitrogen and oxygen atoms in total. The normalized spacial score (nSPS) is 10.8. The van der Waals surface area contributed by atoms with Crippen LogP contribution >= 0.6 is 0 Å². The molecule has 3 rings (SSSR count). The van der Waals surface area contributed by atoms with Gasteiger partial charge in [-0.15, -0.1) is 0 Å². The second-order valence-corrected chi connectivity index (χ2v) is 5.35. The van der Waals surface area contributed by atoms with Gasteiger partial charge < -0.3 is 4.90 Å². The average Bonchev–Trinajstić information content (AvgIpc) is 3.03. The standard InChI is InChI=1S/C18H19N3O/c1-2-11-21(13-14-7-4-3-5-8-14)18(22)16-10-6-9-15-12-19-20-17(15)16/h3-10,12H,2,11,13H2,1H3,(H,19,20). The van der Waals surface area contributed by atoms with Crippen LogP contribution in [0.15, 0.2) is 54.7 Å². The van der Waals surface area contributed by atoms with E-state index in [4.69, 9.17) is 0 Å². The summed E-state index contributed by atoms with van der Waals surface area (Å²) in [5.74, 6) is 0.0422. The molecule has 0 aliphatic carbocycles. The van der Waals surface area contributed by atoms with E-state index in [-0.39, 0.29) is 5.91 Å². The second kappa shape index (κ2) is 6.43. The Balaban J connectivity index is 1.91. The van der Waals surface area contributed by atoms with Crippen LogP contribution in [0.5, 0.6) is 0 Å². The van der Waals surface area contributed by atoms with Crippen molar-refractivity contribution in [1.82, 2.24) is 15.1 Å². The Morgan fingerprint density at radius 1 is 1.14 bits per heavy atom. The third-order valence-electron chi connectivity index (χ3n) is 3.70. The average molecular weight is 293 g/mol. The number of fused-ring (bicyclic) bond motifs is 1. The first-order valence-electron chi connectivity index (χ1n) is 7.55. The van der Waals surface area contributed by atoms with E-state index in [1.54, 1.807) is 6.20 Å². The molecule has 22 heavy (non-hydrogen) atoms. The van der Waals surface area contributed by atoms with Crippen molar-refractivity contribution in [2.75, 3.05) is 6.54 Å². The fraction of sp³-hybridized carbons (Fsp3) is 0.222. The Morgan fingerprint density at radius 3 is 2.73 bits per heavy atom. The van der Waals surface area contributed by atoms with Crippen LogP contribution in [0, 0.1) is 0 Å². The molecule has 0 aliphatic heterocycles. The van der Waals surface area contributed by atoms with Gasteiger partial charge in [-0.05, 0) is 18.1 Å². The van der Waals surface area contributed by atoms with E-state index in [0.717, 1.165) is 29.4 Å². The summed E-state index contributed by atoms with van der Waals surface area (Å²) in [6.07, 6.45) is 2.67. The zero-order chi connectivity index (χ0) is 15.4. The van der Waals surface area contributed by atoms with Crippen molar-refractivity contribution in [2.24, 2.45) is 0 Å². The Labute approximate surface area is 129 Å². The Bertz CT molecular complexity index is 764. The van der Waals surface area contributed by atoms with Gasteiger partial charge in [-0.1, -0.05) is 49.4 Å². The van der Waals surface area contributed by atoms with Crippen molar-refractivity contribution >= 4 is 16.8 Å². The van der Waals surface area contributed by atoms with Crippen molar-refractivity contribution in [3.8, 4) is 0 Å². The number of nitrogens with zero attached hydrogens (tertiary/aromatic N) is 2. The summed E-state index contributed by atoms with van der Waals surface area (Å²) >= 11 is 0. The molecule has 0 aliphatic rings. The molecule has 0 saturated heterocycles. The van der Waals surface area contributed by atoms with Crippen LogP contribution in [-0.2, 0) is 6.54 Å². The molecule has 4 heteroatoms. The second-order valence-electron chi connectivity index (χ2n) is 5.35. The number of carbonyl (C=O) groups is 1. The van der Waals surface area contributed by atoms with Crippen LogP contribution in [0.4, 0.5) is 0 Å². The highest BCUT2D eigenvalue weighted by molar-refractivity contribution is 6.05. The summed E-state index contributed by atoms with van der Waals surface area (Å²) in [6, 6.07) is 15.8. The molecule has 0 radical (unpaired) electrons. The quantitative estimate of drug-likeness (QED) is 0.781. The Morgan fingerprint density at radius 2 is 1.95 bits per heavy atom. The minimum atomic E-state index is 0.0422. The van der Waals surface area contributed by atoms with Crippen LogP contribution in [-0.4, -0.2) is 27.5 Å². The van der Waals surface area contributed by atoms with Crippen molar-refractivity contribution in [1.29, 1.82) is 0 Å². The summed E-state index contributed by atoms with van der Waals surface area (Å²) in [7, 11) is 0. The van der Waals surface area contributed by atoms with Crippen LogP contribution in [0.3, 0.4) is 0 Å². The predicted octanol–water partition coefficient (Wildman–Crippen LogP) is 3.62. The molecule has 0 saturated carbocycles. The number of amides is 1. The lowest BCUT2D eigenvalue weighted by Gasteiger charge is -2.22. The molecular formula is C18H19N3O. The van der Waals surface area contributed by atoms with Crippen LogP contribution in [0.25, 0.3) is 10.9 Å². The third-order valence-corrected chi connectivity index (χ3v) is 3.70. The van der Waals surface area contributed by atoms with E-state index >= 15 is 0 Å². The maximum atomic E-state index is 12.9. The minimum Gasteiger partial charge on any atom is -0.334 e. The van der Waals surface area contributed by atoms with Gasteiger partial charge >= 0.3 is 0 Å². The highest BCUT2D eigenvalue weighted by Crippen LogP contribution is 2.19. The van der Waals surface area contributed by atoms with E-state index in [9.17, 15) is 4.79 Å². The molecule has 0 atom stereocenters. The highest BCUT2D eigenvalue weighted by Gasteiger charge is 2.18. The first-order valence-corrected chi connectivity index (χ1v) is 7.55. The number of para-hydroxylation sites is 1. The van der Waals surface area contributed by atoms with Gasteiger partial charge in [-0.2, -0.15) is 5.10 Å². The number of benzene rings is 2. The number of carbonyl (C=O) groups excluding carboxylic acids is 1. The lowest BCUT2D eigenvalue weighted by atomic mass is 10.1. The van der Waals surface area contributed by atoms with Crippen molar-refractivity contribution in [3.63, 3.8) is 0 Å². The molecule has 0 unspecified atom stereocenters. The predicted molar refractivity (Wildman–Crippen MR) is 87.6 cm³/mol. The maximum Gasteiger partial charge on any atom is 0.256 e. The smallest absolute Gasteiger partial charge is 0.256 e. The lowest BCUT2D eigenvalue weighted by Crippen LogP contribution is -2.31. The molecule has 2 aromatic carbocycles. The van der Waals surface area contributed by atoms with Crippen molar-refractivity contribution < 1.29 is 4.79 Å². The zero-order valence-corrected chi connectivity index (χ0v) is 12.6. The number of hydrogen-bond acceptors (Lipinski definition) is 2. The highest BCUT2D eigenvalue weighted by atomic mass is 16.2. The lowest BCUT2D eigenvalue weighted by molar-refractivity contribution is 0.0745. The topological polar surface area (TPSA) is 49.0 Å². The van der Waals surface area contributed by atoms with E-state index in [1.807, 2.05) is 53.4 Å². The first kappa shape index (κ1) is 14.3. The Hall–Kier alpha value is -2.62. The molecule has 1 amide bonds. The Kier molecular flexibility index (Phi) is 4.19. The van der Waals surface area contributed by atoms with Gasteiger partial charge in [0.2, 0.25) is 0 Å². The summed E-state index contributed by atoms with van der Waals surface area (Å²) in [5.41, 5.74) is 2.63. The van der Waals surface area contributed by atoms with Gasteiger partial charge in [0.05, 0.1) is 17.3 Å². The van der Waals surface area contributed by atoms with Crippen LogP contribution in [0.1, 0.15) is 29.3 Å². The van der Waals surface area contributed by atoms with Gasteiger partial charge in [-0.3, -0.25) is 9.89 Å². The number of H-pyrrole nitrogens is 1. The SMILES string of the molecule is CCCN(Cc1ccccc1)C(=O)c1cccc2cn[nH]c12. The van der Waals surface area contributed by atoms with E-state index < -0.39 is 0 Å². The summed E-state index contributed by atoms with van der Waals surface area (Å²) in [6.45, 7) is 3.44. The van der Waals surface area contributed by atoms with Gasteiger partial charge in [0, 0.05) is 18.5 Å². The third kappa shape index (κ3) is 2.86. The van der Waals surface area contributed by atoms with Crippen molar-refractivity contribution in [2.45, 2.75) is 19.9 Å². The molecule has 1 aromatic heterocycles. The molecule has 0 fully saturated rings. The molecular weight excluding hydrogens is 274 g/mol. The largest absolute Gasteiger partial charge is 0.334 e. The van der Waals surface area contributed by atoms with Gasteiger partial charge in [0.1, 0.15) is 0 Å². The van der Waals surface area contributed by atoms with Crippen LogP contribution < -0.4 is 0 Å². The van der Waals surface area contributed by atoms with Crippen molar-refractivity contribution in [3.05, 3.63) is 65.9 Å². The number of aromatic nitrogens is 2. The van der Waals surface area contributed by atoms with E-state index in [0.29, 0.717) is 12.1 Å². The maximum absolute atomic E-state index is 12.9. The van der Waals surface area contributed by atoms with E-state index in [1.165, 1.54) is 0 Å². The molecule has 112 valence electrons. The van der Waals surface area contributed by atoms with Gasteiger partial charge in [-0.25, -0.2) is 0 Å². The van der Waals surface area contributed by atoms with Gasteiger partial charge in [0.25, 0.3) is 5.91 Å². The molecule has 0 bridgehead atoms. The molecule has 3 aromatic rings. The fourth-order valence-electron chi connectivity index (χ4n) is 2.64. The molecule has 0 spiro atoms.